The van der Waals surface area contributed by atoms with Crippen LogP contribution in [0.25, 0.3) is 0 Å². The molecule has 1 aromatic heterocycles. The molecule has 6 heteroatoms. The first kappa shape index (κ1) is 11.0. The van der Waals surface area contributed by atoms with Gasteiger partial charge in [-0.2, -0.15) is 0 Å². The van der Waals surface area contributed by atoms with Gasteiger partial charge < -0.3 is 11.1 Å². The van der Waals surface area contributed by atoms with E-state index in [0.29, 0.717) is 27.4 Å². The summed E-state index contributed by atoms with van der Waals surface area (Å²) in [5.74, 6) is 0.755. The Bertz CT molecular complexity index is 516. The van der Waals surface area contributed by atoms with Gasteiger partial charge in [0.25, 0.3) is 0 Å². The zero-order valence-corrected chi connectivity index (χ0v) is 9.63. The summed E-state index contributed by atoms with van der Waals surface area (Å²) in [7, 11) is 0. The predicted molar refractivity (Wildman–Crippen MR) is 66.2 cm³/mol. The molecule has 0 saturated heterocycles. The molecule has 0 atom stereocenters. The number of benzene rings is 1. The van der Waals surface area contributed by atoms with Crippen molar-refractivity contribution in [1.82, 2.24) is 9.97 Å². The topological polar surface area (TPSA) is 63.8 Å². The van der Waals surface area contributed by atoms with Gasteiger partial charge in [0.05, 0.1) is 15.7 Å². The van der Waals surface area contributed by atoms with E-state index in [-0.39, 0.29) is 0 Å². The Balaban J connectivity index is 2.35. The summed E-state index contributed by atoms with van der Waals surface area (Å²) >= 11 is 11.9. The van der Waals surface area contributed by atoms with Crippen LogP contribution in [0.4, 0.5) is 17.3 Å². The lowest BCUT2D eigenvalue weighted by Crippen LogP contribution is -2.01. The van der Waals surface area contributed by atoms with E-state index in [1.54, 1.807) is 18.2 Å². The molecule has 2 aromatic rings. The highest BCUT2D eigenvalue weighted by molar-refractivity contribution is 6.43. The van der Waals surface area contributed by atoms with Crippen LogP contribution in [0.5, 0.6) is 0 Å². The number of hydrogen-bond donors (Lipinski definition) is 2. The highest BCUT2D eigenvalue weighted by Crippen LogP contribution is 2.31. The van der Waals surface area contributed by atoms with E-state index in [1.807, 2.05) is 0 Å². The molecule has 1 heterocycles. The second-order valence-corrected chi connectivity index (χ2v) is 3.80. The van der Waals surface area contributed by atoms with Crippen molar-refractivity contribution in [2.24, 2.45) is 0 Å². The minimum atomic E-state index is 0.304. The molecular formula is C10H8Cl2N4. The number of nitrogens with zero attached hydrogens (tertiary/aromatic N) is 2. The maximum absolute atomic E-state index is 6.01. The van der Waals surface area contributed by atoms with Gasteiger partial charge in [0.1, 0.15) is 0 Å². The lowest BCUT2D eigenvalue weighted by Gasteiger charge is -2.09. The average molecular weight is 255 g/mol. The van der Waals surface area contributed by atoms with Crippen LogP contribution in [-0.4, -0.2) is 9.97 Å². The normalized spacial score (nSPS) is 10.1. The number of nitrogens with two attached hydrogens (primary N) is 1. The first-order valence-electron chi connectivity index (χ1n) is 4.46. The van der Waals surface area contributed by atoms with E-state index < -0.39 is 0 Å². The lowest BCUT2D eigenvalue weighted by atomic mass is 10.3. The average Bonchev–Trinajstić information content (AvgIpc) is 2.28. The molecule has 0 radical (unpaired) electrons. The zero-order chi connectivity index (χ0) is 11.5. The van der Waals surface area contributed by atoms with E-state index in [1.165, 1.54) is 12.4 Å². The van der Waals surface area contributed by atoms with Crippen molar-refractivity contribution in [1.29, 1.82) is 0 Å². The minimum absolute atomic E-state index is 0.304. The monoisotopic (exact) mass is 254 g/mol. The Morgan fingerprint density at radius 1 is 1.12 bits per heavy atom. The van der Waals surface area contributed by atoms with Gasteiger partial charge in [-0.05, 0) is 12.1 Å². The largest absolute Gasteiger partial charge is 0.381 e. The number of nitrogens with one attached hydrogen (secondary N) is 1. The molecule has 0 aliphatic rings. The molecular weight excluding hydrogens is 247 g/mol. The molecule has 0 bridgehead atoms. The van der Waals surface area contributed by atoms with Gasteiger partial charge in [0.15, 0.2) is 11.6 Å². The number of rotatable bonds is 2. The Kier molecular flexibility index (Phi) is 3.12. The third-order valence-electron chi connectivity index (χ3n) is 1.93. The number of halogens is 2. The quantitative estimate of drug-likeness (QED) is 0.865. The third-order valence-corrected chi connectivity index (χ3v) is 2.75. The summed E-state index contributed by atoms with van der Waals surface area (Å²) in [5.41, 5.74) is 6.28. The summed E-state index contributed by atoms with van der Waals surface area (Å²) in [6.45, 7) is 0. The van der Waals surface area contributed by atoms with Gasteiger partial charge in [0.2, 0.25) is 0 Å². The Hall–Kier alpha value is -1.52. The van der Waals surface area contributed by atoms with Gasteiger partial charge in [-0.1, -0.05) is 29.3 Å². The molecule has 0 saturated carbocycles. The highest BCUT2D eigenvalue weighted by atomic mass is 35.5. The van der Waals surface area contributed by atoms with Crippen molar-refractivity contribution in [3.8, 4) is 0 Å². The van der Waals surface area contributed by atoms with Crippen molar-refractivity contribution in [3.05, 3.63) is 40.6 Å². The van der Waals surface area contributed by atoms with Gasteiger partial charge in [-0.15, -0.1) is 0 Å². The summed E-state index contributed by atoms with van der Waals surface area (Å²) in [4.78, 5) is 7.95. The molecule has 0 spiro atoms. The van der Waals surface area contributed by atoms with Crippen LogP contribution in [0.2, 0.25) is 10.0 Å². The molecule has 0 aliphatic carbocycles. The van der Waals surface area contributed by atoms with E-state index in [0.717, 1.165) is 0 Å². The van der Waals surface area contributed by atoms with E-state index in [2.05, 4.69) is 15.3 Å². The van der Waals surface area contributed by atoms with Gasteiger partial charge >= 0.3 is 0 Å². The zero-order valence-electron chi connectivity index (χ0n) is 8.11. The summed E-state index contributed by atoms with van der Waals surface area (Å²) in [5, 5.41) is 3.86. The maximum Gasteiger partial charge on any atom is 0.173 e. The summed E-state index contributed by atoms with van der Waals surface area (Å²) in [6, 6.07) is 5.26. The molecule has 0 amide bonds. The predicted octanol–water partition coefficient (Wildman–Crippen LogP) is 3.11. The fraction of sp³-hybridized carbons (Fsp3) is 0. The Labute approximate surface area is 102 Å². The molecule has 0 fully saturated rings. The summed E-state index contributed by atoms with van der Waals surface area (Å²) in [6.07, 6.45) is 3.05. The van der Waals surface area contributed by atoms with Crippen LogP contribution in [0.3, 0.4) is 0 Å². The van der Waals surface area contributed by atoms with Crippen LogP contribution in [0.15, 0.2) is 30.6 Å². The fourth-order valence-corrected chi connectivity index (χ4v) is 1.52. The van der Waals surface area contributed by atoms with Gasteiger partial charge in [0, 0.05) is 12.4 Å². The smallest absolute Gasteiger partial charge is 0.173 e. The van der Waals surface area contributed by atoms with E-state index in [9.17, 15) is 0 Å². The van der Waals surface area contributed by atoms with Crippen LogP contribution in [0, 0.1) is 0 Å². The number of hydrogen-bond acceptors (Lipinski definition) is 4. The molecule has 0 unspecified atom stereocenters. The van der Waals surface area contributed by atoms with Crippen LogP contribution >= 0.6 is 23.2 Å². The molecule has 4 nitrogen and oxygen atoms in total. The fourth-order valence-electron chi connectivity index (χ4n) is 1.17. The van der Waals surface area contributed by atoms with Crippen molar-refractivity contribution in [3.63, 3.8) is 0 Å². The first-order valence-corrected chi connectivity index (χ1v) is 5.21. The van der Waals surface area contributed by atoms with Gasteiger partial charge in [-0.25, -0.2) is 9.97 Å². The second-order valence-electron chi connectivity index (χ2n) is 3.02. The molecule has 82 valence electrons. The number of nitrogen functional groups attached to an aromatic ring is 1. The molecule has 16 heavy (non-hydrogen) atoms. The third kappa shape index (κ3) is 2.18. The Morgan fingerprint density at radius 3 is 2.62 bits per heavy atom. The Morgan fingerprint density at radius 2 is 1.88 bits per heavy atom. The van der Waals surface area contributed by atoms with Crippen molar-refractivity contribution in [2.45, 2.75) is 0 Å². The molecule has 2 rings (SSSR count). The van der Waals surface area contributed by atoms with Crippen molar-refractivity contribution in [2.75, 3.05) is 11.1 Å². The molecule has 3 N–H and O–H groups in total. The van der Waals surface area contributed by atoms with Crippen LogP contribution in [0.1, 0.15) is 0 Å². The number of aromatic nitrogens is 2. The standard InChI is InChI=1S/C10H8Cl2N4/c11-6-2-1-3-7(8(6)12)16-10-9(13)14-4-5-15-10/h1-5H,(H2,13,14)(H,15,16). The number of anilines is 3. The highest BCUT2D eigenvalue weighted by Gasteiger charge is 2.07. The van der Waals surface area contributed by atoms with Gasteiger partial charge in [-0.3, -0.25) is 0 Å². The van der Waals surface area contributed by atoms with Crippen LogP contribution in [-0.2, 0) is 0 Å². The lowest BCUT2D eigenvalue weighted by molar-refractivity contribution is 1.21. The maximum atomic E-state index is 6.01. The van der Waals surface area contributed by atoms with Crippen molar-refractivity contribution >= 4 is 40.5 Å². The second kappa shape index (κ2) is 4.55. The van der Waals surface area contributed by atoms with E-state index >= 15 is 0 Å². The summed E-state index contributed by atoms with van der Waals surface area (Å²) < 4.78 is 0. The minimum Gasteiger partial charge on any atom is -0.381 e. The van der Waals surface area contributed by atoms with E-state index in [4.69, 9.17) is 28.9 Å². The molecule has 0 aliphatic heterocycles. The molecule has 1 aromatic carbocycles. The van der Waals surface area contributed by atoms with Crippen LogP contribution < -0.4 is 11.1 Å². The SMILES string of the molecule is Nc1nccnc1Nc1cccc(Cl)c1Cl. The first-order chi connectivity index (χ1) is 7.68. The van der Waals surface area contributed by atoms with Crippen molar-refractivity contribution < 1.29 is 0 Å².